The van der Waals surface area contributed by atoms with Crippen molar-refractivity contribution in [3.8, 4) is 0 Å². The number of likely N-dealkylation sites (N-methyl/N-ethyl adjacent to an activating group) is 1. The third kappa shape index (κ3) is 20.8. The molecule has 0 radical (unpaired) electrons. The topological polar surface area (TPSA) is 214 Å². The minimum atomic E-state index is -4.94. The number of rotatable bonds is 8. The summed E-state index contributed by atoms with van der Waals surface area (Å²) < 4.78 is 34.0. The monoisotopic (exact) mass is 502 g/mol. The number of carboxylic acid groups (broad SMARTS) is 2. The summed E-state index contributed by atoms with van der Waals surface area (Å²) in [6.07, 6.45) is 3.11. The van der Waals surface area contributed by atoms with E-state index in [4.69, 9.17) is 18.6 Å². The first-order valence-electron chi connectivity index (χ1n) is 8.23. The molecule has 2 aromatic heterocycles. The van der Waals surface area contributed by atoms with Crippen molar-refractivity contribution in [1.29, 1.82) is 0 Å². The molecular formula is C17H20ClCoN4O8. The maximum absolute atomic E-state index is 10.6. The summed E-state index contributed by atoms with van der Waals surface area (Å²) in [7, 11) is -3.11. The van der Waals surface area contributed by atoms with Crippen molar-refractivity contribution < 1.29 is 65.5 Å². The Bertz CT molecular complexity index is 732. The van der Waals surface area contributed by atoms with Crippen LogP contribution in [0, 0.1) is 10.2 Å². The van der Waals surface area contributed by atoms with E-state index in [1.807, 2.05) is 25.2 Å². The molecule has 2 rings (SSSR count). The van der Waals surface area contributed by atoms with Crippen LogP contribution in [0.1, 0.15) is 16.2 Å². The number of nitrogens with zero attached hydrogens (tertiary/aromatic N) is 3. The Morgan fingerprint density at radius 3 is 1.90 bits per heavy atom. The van der Waals surface area contributed by atoms with Crippen molar-refractivity contribution in [3.05, 3.63) is 60.2 Å². The largest absolute Gasteiger partial charge is 3.00 e. The molecule has 12 nitrogen and oxygen atoms in total. The summed E-state index contributed by atoms with van der Waals surface area (Å²) >= 11 is 0. The van der Waals surface area contributed by atoms with Gasteiger partial charge in [0, 0.05) is 38.6 Å². The molecule has 0 atom stereocenters. The van der Waals surface area contributed by atoms with Crippen LogP contribution in [-0.2, 0) is 28.1 Å². The van der Waals surface area contributed by atoms with Gasteiger partial charge in [0.2, 0.25) is 0 Å². The standard InChI is InChI=1S/C11H17N3O2.C6H5NO2.ClHO4.Co/c1-12-6-7-14(9-11(15)16)8-10-4-2-3-5-13-10;8-6(9)5-3-1-2-4-7-5;2-1(3,4)5;/h2-5,12H,6-9H2,1H3,(H,15,16);1-4H,(H,8,9);(H,2,3,4,5);/q;;;+3/p-3. The SMILES string of the molecule is CNCCN(CC(=O)[O-])Cc1ccccn1.O=C([O-])c1ccccn1.[Co+3].[O-][Cl+3]([O-])([O-])[O-]. The Morgan fingerprint density at radius 2 is 1.55 bits per heavy atom. The molecule has 0 saturated heterocycles. The van der Waals surface area contributed by atoms with Gasteiger partial charge in [-0.1, -0.05) is 12.1 Å². The van der Waals surface area contributed by atoms with Gasteiger partial charge in [-0.15, -0.1) is 10.2 Å². The Hall–Kier alpha value is -2.20. The van der Waals surface area contributed by atoms with Gasteiger partial charge in [0.1, 0.15) is 0 Å². The molecule has 0 spiro atoms. The summed E-state index contributed by atoms with van der Waals surface area (Å²) in [5, 5.41) is 23.6. The van der Waals surface area contributed by atoms with E-state index >= 15 is 0 Å². The molecule has 14 heteroatoms. The Labute approximate surface area is 191 Å². The van der Waals surface area contributed by atoms with E-state index in [1.165, 1.54) is 12.3 Å². The van der Waals surface area contributed by atoms with E-state index in [0.717, 1.165) is 12.2 Å². The quantitative estimate of drug-likeness (QED) is 0.356. The molecule has 2 aromatic rings. The summed E-state index contributed by atoms with van der Waals surface area (Å²) in [6, 6.07) is 10.2. The molecule has 0 bridgehead atoms. The Kier molecular flexibility index (Phi) is 17.5. The van der Waals surface area contributed by atoms with Gasteiger partial charge in [-0.2, -0.15) is 0 Å². The molecule has 31 heavy (non-hydrogen) atoms. The number of aromatic nitrogens is 2. The third-order valence-corrected chi connectivity index (χ3v) is 3.02. The number of hydrogen-bond acceptors (Lipinski definition) is 12. The molecule has 172 valence electrons. The van der Waals surface area contributed by atoms with Gasteiger partial charge in [-0.05, 0) is 31.3 Å². The summed E-state index contributed by atoms with van der Waals surface area (Å²) in [5.74, 6) is -2.30. The van der Waals surface area contributed by atoms with Gasteiger partial charge in [0.15, 0.2) is 0 Å². The zero-order valence-corrected chi connectivity index (χ0v) is 18.1. The van der Waals surface area contributed by atoms with E-state index < -0.39 is 22.2 Å². The molecule has 0 fully saturated rings. The van der Waals surface area contributed by atoms with Crippen molar-refractivity contribution in [1.82, 2.24) is 20.2 Å². The Balaban J connectivity index is 0. The predicted molar refractivity (Wildman–Crippen MR) is 87.0 cm³/mol. The fraction of sp³-hybridized carbons (Fsp3) is 0.294. The first-order valence-corrected chi connectivity index (χ1v) is 9.47. The Morgan fingerprint density at radius 1 is 1.00 bits per heavy atom. The van der Waals surface area contributed by atoms with Crippen LogP contribution in [0.5, 0.6) is 0 Å². The van der Waals surface area contributed by atoms with E-state index in [2.05, 4.69) is 15.3 Å². The van der Waals surface area contributed by atoms with E-state index in [1.54, 1.807) is 23.2 Å². The van der Waals surface area contributed by atoms with Crippen LogP contribution in [0.25, 0.3) is 0 Å². The van der Waals surface area contributed by atoms with Crippen molar-refractivity contribution >= 4 is 11.9 Å². The number of hydrogen-bond donors (Lipinski definition) is 1. The number of halogens is 1. The summed E-state index contributed by atoms with van der Waals surface area (Å²) in [5.41, 5.74) is 0.831. The second-order valence-electron chi connectivity index (χ2n) is 5.39. The van der Waals surface area contributed by atoms with Crippen LogP contribution in [-0.4, -0.2) is 53.5 Å². The van der Waals surface area contributed by atoms with Crippen LogP contribution < -0.4 is 34.2 Å². The zero-order valence-electron chi connectivity index (χ0n) is 16.3. The van der Waals surface area contributed by atoms with Crippen molar-refractivity contribution in [2.45, 2.75) is 6.54 Å². The van der Waals surface area contributed by atoms with Gasteiger partial charge in [0.25, 0.3) is 0 Å². The maximum atomic E-state index is 10.6. The number of carbonyl (C=O) groups is 2. The van der Waals surface area contributed by atoms with Gasteiger partial charge in [0.05, 0.1) is 23.3 Å². The van der Waals surface area contributed by atoms with Crippen molar-refractivity contribution in [2.24, 2.45) is 0 Å². The van der Waals surface area contributed by atoms with Gasteiger partial charge in [-0.25, -0.2) is 18.6 Å². The van der Waals surface area contributed by atoms with Gasteiger partial charge >= 0.3 is 16.8 Å². The molecule has 0 saturated carbocycles. The van der Waals surface area contributed by atoms with Crippen molar-refractivity contribution in [2.75, 3.05) is 26.7 Å². The molecule has 1 N–H and O–H groups in total. The van der Waals surface area contributed by atoms with Gasteiger partial charge < -0.3 is 25.1 Å². The first-order chi connectivity index (χ1) is 14.0. The molecule has 0 aromatic carbocycles. The third-order valence-electron chi connectivity index (χ3n) is 3.02. The number of carbonyl (C=O) groups excluding carboxylic acids is 2. The zero-order chi connectivity index (χ0) is 23.0. The average molecular weight is 503 g/mol. The molecule has 0 aliphatic heterocycles. The fourth-order valence-electron chi connectivity index (χ4n) is 1.87. The summed E-state index contributed by atoms with van der Waals surface area (Å²) in [4.78, 5) is 30.1. The average Bonchev–Trinajstić information content (AvgIpc) is 2.66. The molecule has 0 amide bonds. The summed E-state index contributed by atoms with van der Waals surface area (Å²) in [6.45, 7) is 1.84. The second kappa shape index (κ2) is 17.5. The molecule has 0 aliphatic rings. The number of carboxylic acids is 2. The molecule has 2 heterocycles. The first kappa shape index (κ1) is 31.0. The minimum absolute atomic E-state index is 0. The molecule has 0 unspecified atom stereocenters. The number of pyridine rings is 2. The second-order valence-corrected chi connectivity index (χ2v) is 6.14. The number of aromatic carboxylic acids is 1. The van der Waals surface area contributed by atoms with Crippen LogP contribution in [0.3, 0.4) is 0 Å². The number of aliphatic carboxylic acids is 1. The fourth-order valence-corrected chi connectivity index (χ4v) is 1.87. The minimum Gasteiger partial charge on any atom is -0.549 e. The smallest absolute Gasteiger partial charge is 0.549 e. The van der Waals surface area contributed by atoms with Crippen LogP contribution in [0.2, 0.25) is 0 Å². The van der Waals surface area contributed by atoms with E-state index in [0.29, 0.717) is 13.1 Å². The van der Waals surface area contributed by atoms with Crippen LogP contribution in [0.15, 0.2) is 48.8 Å². The van der Waals surface area contributed by atoms with Gasteiger partial charge in [-0.3, -0.25) is 14.9 Å². The van der Waals surface area contributed by atoms with Crippen molar-refractivity contribution in [3.63, 3.8) is 0 Å². The molecule has 0 aliphatic carbocycles. The van der Waals surface area contributed by atoms with Crippen LogP contribution >= 0.6 is 0 Å². The maximum Gasteiger partial charge on any atom is 3.00 e. The van der Waals surface area contributed by atoms with E-state index in [-0.39, 0.29) is 29.0 Å². The predicted octanol–water partition coefficient (Wildman–Crippen LogP) is -6.46. The molecular weight excluding hydrogens is 483 g/mol. The normalized spacial score (nSPS) is 10.0. The van der Waals surface area contributed by atoms with E-state index in [9.17, 15) is 19.8 Å². The number of nitrogens with one attached hydrogen (secondary N) is 1. The van der Waals surface area contributed by atoms with Crippen LogP contribution in [0.4, 0.5) is 0 Å².